The molecule has 2 rings (SSSR count). The van der Waals surface area contributed by atoms with Crippen molar-refractivity contribution < 1.29 is 4.79 Å². The normalized spacial score (nSPS) is 17.7. The van der Waals surface area contributed by atoms with Gasteiger partial charge in [-0.05, 0) is 48.9 Å². The van der Waals surface area contributed by atoms with E-state index in [9.17, 15) is 4.79 Å². The largest absolute Gasteiger partial charge is 0.399 e. The van der Waals surface area contributed by atoms with Crippen LogP contribution >= 0.6 is 0 Å². The summed E-state index contributed by atoms with van der Waals surface area (Å²) in [7, 11) is 0. The lowest BCUT2D eigenvalue weighted by atomic mass is 9.89. The van der Waals surface area contributed by atoms with Crippen molar-refractivity contribution in [3.05, 3.63) is 29.3 Å². The predicted octanol–water partition coefficient (Wildman–Crippen LogP) is 2.89. The van der Waals surface area contributed by atoms with E-state index in [0.717, 1.165) is 17.7 Å². The van der Waals surface area contributed by atoms with Gasteiger partial charge in [-0.25, -0.2) is 0 Å². The summed E-state index contributed by atoms with van der Waals surface area (Å²) in [4.78, 5) is 12.1. The zero-order valence-electron chi connectivity index (χ0n) is 11.3. The van der Waals surface area contributed by atoms with E-state index in [0.29, 0.717) is 5.69 Å². The molecule has 1 saturated carbocycles. The highest BCUT2D eigenvalue weighted by atomic mass is 16.1. The first-order valence-electron chi connectivity index (χ1n) is 6.65. The highest BCUT2D eigenvalue weighted by Gasteiger charge is 2.29. The average Bonchev–Trinajstić information content (AvgIpc) is 2.74. The van der Waals surface area contributed by atoms with Crippen LogP contribution in [0.15, 0.2) is 18.2 Å². The maximum Gasteiger partial charge on any atom is 0.251 e. The minimum absolute atomic E-state index is 0.0145. The Kier molecular flexibility index (Phi) is 3.60. The Morgan fingerprint density at radius 2 is 2.06 bits per heavy atom. The van der Waals surface area contributed by atoms with Crippen molar-refractivity contribution in [1.82, 2.24) is 5.32 Å². The standard InChI is InChI=1S/C15H22N2O/c1-11-9-12(16)5-6-13(11)14(18)17-10-15(2)7-3-4-8-15/h5-6,9H,3-4,7-8,10,16H2,1-2H3,(H,17,18). The number of nitrogens with one attached hydrogen (secondary N) is 1. The van der Waals surface area contributed by atoms with Crippen molar-refractivity contribution in [2.45, 2.75) is 39.5 Å². The summed E-state index contributed by atoms with van der Waals surface area (Å²) >= 11 is 0. The van der Waals surface area contributed by atoms with E-state index >= 15 is 0 Å². The Morgan fingerprint density at radius 3 is 2.67 bits per heavy atom. The van der Waals surface area contributed by atoms with Crippen molar-refractivity contribution in [1.29, 1.82) is 0 Å². The molecule has 18 heavy (non-hydrogen) atoms. The molecular formula is C15H22N2O. The zero-order chi connectivity index (χ0) is 13.2. The average molecular weight is 246 g/mol. The number of aryl methyl sites for hydroxylation is 1. The number of rotatable bonds is 3. The molecular weight excluding hydrogens is 224 g/mol. The summed E-state index contributed by atoms with van der Waals surface area (Å²) in [6.45, 7) is 4.95. The third-order valence-corrected chi connectivity index (χ3v) is 3.98. The van der Waals surface area contributed by atoms with Gasteiger partial charge in [0.05, 0.1) is 0 Å². The van der Waals surface area contributed by atoms with Gasteiger partial charge in [0, 0.05) is 17.8 Å². The van der Waals surface area contributed by atoms with Gasteiger partial charge in [0.2, 0.25) is 0 Å². The number of carbonyl (C=O) groups excluding carboxylic acids is 1. The molecule has 0 spiro atoms. The first kappa shape index (κ1) is 12.9. The summed E-state index contributed by atoms with van der Waals surface area (Å²) in [5.41, 5.74) is 8.34. The number of nitrogen functional groups attached to an aromatic ring is 1. The topological polar surface area (TPSA) is 55.1 Å². The molecule has 0 heterocycles. The Bertz CT molecular complexity index is 448. The van der Waals surface area contributed by atoms with E-state index in [-0.39, 0.29) is 11.3 Å². The summed E-state index contributed by atoms with van der Waals surface area (Å²) in [6.07, 6.45) is 5.00. The van der Waals surface area contributed by atoms with Crippen LogP contribution in [-0.2, 0) is 0 Å². The number of hydrogen-bond donors (Lipinski definition) is 2. The van der Waals surface area contributed by atoms with Crippen LogP contribution < -0.4 is 11.1 Å². The minimum atomic E-state index is 0.0145. The highest BCUT2D eigenvalue weighted by Crippen LogP contribution is 2.36. The first-order chi connectivity index (χ1) is 8.50. The van der Waals surface area contributed by atoms with E-state index in [1.165, 1.54) is 25.7 Å². The van der Waals surface area contributed by atoms with Gasteiger partial charge < -0.3 is 11.1 Å². The lowest BCUT2D eigenvalue weighted by Gasteiger charge is -2.23. The molecule has 3 heteroatoms. The molecule has 1 aromatic carbocycles. The van der Waals surface area contributed by atoms with Crippen molar-refractivity contribution in [3.8, 4) is 0 Å². The molecule has 1 aliphatic rings. The fraction of sp³-hybridized carbons (Fsp3) is 0.533. The van der Waals surface area contributed by atoms with E-state index in [1.54, 1.807) is 12.1 Å². The quantitative estimate of drug-likeness (QED) is 0.806. The van der Waals surface area contributed by atoms with Gasteiger partial charge >= 0.3 is 0 Å². The predicted molar refractivity (Wildman–Crippen MR) is 74.5 cm³/mol. The summed E-state index contributed by atoms with van der Waals surface area (Å²) in [6, 6.07) is 5.42. The van der Waals surface area contributed by atoms with E-state index in [4.69, 9.17) is 5.73 Å². The molecule has 98 valence electrons. The highest BCUT2D eigenvalue weighted by molar-refractivity contribution is 5.96. The number of benzene rings is 1. The lowest BCUT2D eigenvalue weighted by Crippen LogP contribution is -2.34. The molecule has 0 atom stereocenters. The van der Waals surface area contributed by atoms with Crippen LogP contribution in [0.3, 0.4) is 0 Å². The van der Waals surface area contributed by atoms with Crippen molar-refractivity contribution in [2.24, 2.45) is 5.41 Å². The monoisotopic (exact) mass is 246 g/mol. The van der Waals surface area contributed by atoms with Gasteiger partial charge in [0.25, 0.3) is 5.91 Å². The maximum absolute atomic E-state index is 12.1. The Hall–Kier alpha value is -1.51. The molecule has 1 amide bonds. The van der Waals surface area contributed by atoms with Crippen LogP contribution in [0.25, 0.3) is 0 Å². The molecule has 3 nitrogen and oxygen atoms in total. The van der Waals surface area contributed by atoms with Gasteiger partial charge in [-0.2, -0.15) is 0 Å². The number of nitrogens with two attached hydrogens (primary N) is 1. The summed E-state index contributed by atoms with van der Waals surface area (Å²) in [5, 5.41) is 3.06. The molecule has 0 aliphatic heterocycles. The summed E-state index contributed by atoms with van der Waals surface area (Å²) < 4.78 is 0. The first-order valence-corrected chi connectivity index (χ1v) is 6.65. The Morgan fingerprint density at radius 1 is 1.39 bits per heavy atom. The molecule has 3 N–H and O–H groups in total. The van der Waals surface area contributed by atoms with E-state index in [2.05, 4.69) is 12.2 Å². The van der Waals surface area contributed by atoms with Gasteiger partial charge in [-0.3, -0.25) is 4.79 Å². The third-order valence-electron chi connectivity index (χ3n) is 3.98. The smallest absolute Gasteiger partial charge is 0.251 e. The fourth-order valence-electron chi connectivity index (χ4n) is 2.74. The van der Waals surface area contributed by atoms with Crippen molar-refractivity contribution in [2.75, 3.05) is 12.3 Å². The lowest BCUT2D eigenvalue weighted by molar-refractivity contribution is 0.0933. The van der Waals surface area contributed by atoms with Crippen molar-refractivity contribution in [3.63, 3.8) is 0 Å². The second-order valence-corrected chi connectivity index (χ2v) is 5.77. The van der Waals surface area contributed by atoms with Crippen LogP contribution in [0.1, 0.15) is 48.5 Å². The molecule has 0 saturated heterocycles. The molecule has 0 bridgehead atoms. The van der Waals surface area contributed by atoms with Crippen LogP contribution in [0, 0.1) is 12.3 Å². The van der Waals surface area contributed by atoms with E-state index in [1.807, 2.05) is 13.0 Å². The van der Waals surface area contributed by atoms with Crippen LogP contribution in [0.5, 0.6) is 0 Å². The number of hydrogen-bond acceptors (Lipinski definition) is 2. The van der Waals surface area contributed by atoms with E-state index < -0.39 is 0 Å². The summed E-state index contributed by atoms with van der Waals surface area (Å²) in [5.74, 6) is 0.0145. The second kappa shape index (κ2) is 5.01. The number of amides is 1. The van der Waals surface area contributed by atoms with Gasteiger partial charge in [-0.15, -0.1) is 0 Å². The van der Waals surface area contributed by atoms with Crippen LogP contribution in [0.2, 0.25) is 0 Å². The van der Waals surface area contributed by atoms with Crippen LogP contribution in [-0.4, -0.2) is 12.5 Å². The van der Waals surface area contributed by atoms with Gasteiger partial charge in [0.15, 0.2) is 0 Å². The second-order valence-electron chi connectivity index (χ2n) is 5.77. The zero-order valence-corrected chi connectivity index (χ0v) is 11.3. The molecule has 1 fully saturated rings. The van der Waals surface area contributed by atoms with Crippen molar-refractivity contribution >= 4 is 11.6 Å². The van der Waals surface area contributed by atoms with Gasteiger partial charge in [-0.1, -0.05) is 19.8 Å². The SMILES string of the molecule is Cc1cc(N)ccc1C(=O)NCC1(C)CCCC1. The molecule has 0 unspecified atom stereocenters. The fourth-order valence-corrected chi connectivity index (χ4v) is 2.74. The van der Waals surface area contributed by atoms with Gasteiger partial charge in [0.1, 0.15) is 0 Å². The molecule has 1 aromatic rings. The Labute approximate surface area is 109 Å². The molecule has 0 aromatic heterocycles. The number of carbonyl (C=O) groups is 1. The maximum atomic E-state index is 12.1. The minimum Gasteiger partial charge on any atom is -0.399 e. The Balaban J connectivity index is 1.99. The third kappa shape index (κ3) is 2.84. The molecule has 1 aliphatic carbocycles. The van der Waals surface area contributed by atoms with Crippen LogP contribution in [0.4, 0.5) is 5.69 Å². The molecule has 0 radical (unpaired) electrons. The number of anilines is 1.